The summed E-state index contributed by atoms with van der Waals surface area (Å²) >= 11 is 1.16. The number of fused-ring (bicyclic) bond motifs is 1. The molecule has 2 N–H and O–H groups in total. The van der Waals surface area contributed by atoms with Gasteiger partial charge in [0.2, 0.25) is 5.91 Å². The molecule has 0 radical (unpaired) electrons. The van der Waals surface area contributed by atoms with Crippen molar-refractivity contribution in [2.75, 3.05) is 12.9 Å². The Kier molecular flexibility index (Phi) is 5.04. The van der Waals surface area contributed by atoms with E-state index >= 15 is 0 Å². The molecule has 0 spiro atoms. The monoisotopic (exact) mass is 355 g/mol. The van der Waals surface area contributed by atoms with Crippen molar-refractivity contribution in [3.8, 4) is 5.75 Å². The average molecular weight is 355 g/mol. The van der Waals surface area contributed by atoms with Gasteiger partial charge < -0.3 is 10.5 Å². The lowest BCUT2D eigenvalue weighted by Gasteiger charge is -2.13. The number of ether oxygens (including phenoxy) is 1. The van der Waals surface area contributed by atoms with E-state index < -0.39 is 5.91 Å². The Morgan fingerprint density at radius 1 is 1.20 bits per heavy atom. The van der Waals surface area contributed by atoms with Crippen LogP contribution in [0.5, 0.6) is 5.75 Å². The second-order valence-corrected chi connectivity index (χ2v) is 6.35. The summed E-state index contributed by atoms with van der Waals surface area (Å²) in [5.74, 6) is 0.354. The molecule has 1 aromatic heterocycles. The lowest BCUT2D eigenvalue weighted by atomic mass is 10.2. The van der Waals surface area contributed by atoms with E-state index in [1.165, 1.54) is 0 Å². The first kappa shape index (κ1) is 17.0. The summed E-state index contributed by atoms with van der Waals surface area (Å²) in [6, 6.07) is 14.6. The van der Waals surface area contributed by atoms with Crippen molar-refractivity contribution in [2.24, 2.45) is 5.73 Å². The summed E-state index contributed by atoms with van der Waals surface area (Å²) in [6.07, 6.45) is 0. The molecule has 0 aliphatic rings. The molecule has 0 bridgehead atoms. The highest BCUT2D eigenvalue weighted by Gasteiger charge is 2.13. The Hall–Kier alpha value is -2.80. The predicted molar refractivity (Wildman–Crippen MR) is 98.0 cm³/mol. The van der Waals surface area contributed by atoms with Gasteiger partial charge in [0.1, 0.15) is 5.75 Å². The molecule has 3 rings (SSSR count). The molecule has 0 fully saturated rings. The van der Waals surface area contributed by atoms with E-state index in [-0.39, 0.29) is 11.3 Å². The van der Waals surface area contributed by atoms with Gasteiger partial charge in [-0.3, -0.25) is 14.2 Å². The van der Waals surface area contributed by atoms with E-state index in [9.17, 15) is 9.59 Å². The first-order valence-corrected chi connectivity index (χ1v) is 8.60. The zero-order chi connectivity index (χ0) is 17.8. The summed E-state index contributed by atoms with van der Waals surface area (Å²) in [6.45, 7) is 0.349. The number of thioether (sulfide) groups is 1. The maximum Gasteiger partial charge on any atom is 0.262 e. The number of para-hydroxylation sites is 1. The molecule has 3 aromatic rings. The van der Waals surface area contributed by atoms with Crippen LogP contribution in [0.15, 0.2) is 58.5 Å². The molecule has 0 aliphatic heterocycles. The van der Waals surface area contributed by atoms with Crippen molar-refractivity contribution in [2.45, 2.75) is 11.7 Å². The highest BCUT2D eigenvalue weighted by molar-refractivity contribution is 7.99. The fourth-order valence-corrected chi connectivity index (χ4v) is 3.18. The predicted octanol–water partition coefficient (Wildman–Crippen LogP) is 2.03. The number of carbonyl (C=O) groups excluding carboxylic acids is 1. The Morgan fingerprint density at radius 2 is 1.92 bits per heavy atom. The van der Waals surface area contributed by atoms with Gasteiger partial charge in [-0.25, -0.2) is 4.98 Å². The molecule has 0 unspecified atom stereocenters. The lowest BCUT2D eigenvalue weighted by Crippen LogP contribution is -2.25. The van der Waals surface area contributed by atoms with Crippen molar-refractivity contribution in [1.29, 1.82) is 0 Å². The Bertz CT molecular complexity index is 967. The number of methoxy groups -OCH3 is 1. The molecule has 0 saturated carbocycles. The SMILES string of the molecule is COc1ccc(Cn2c(SCC(N)=O)nc3ccccc3c2=O)cc1. The first-order chi connectivity index (χ1) is 12.1. The van der Waals surface area contributed by atoms with Gasteiger partial charge in [-0.05, 0) is 29.8 Å². The van der Waals surface area contributed by atoms with E-state index in [4.69, 9.17) is 10.5 Å². The van der Waals surface area contributed by atoms with Crippen LogP contribution in [0.3, 0.4) is 0 Å². The molecule has 25 heavy (non-hydrogen) atoms. The van der Waals surface area contributed by atoms with Gasteiger partial charge in [-0.2, -0.15) is 0 Å². The molecule has 6 nitrogen and oxygen atoms in total. The van der Waals surface area contributed by atoms with E-state index in [0.29, 0.717) is 22.6 Å². The van der Waals surface area contributed by atoms with Crippen LogP contribution < -0.4 is 16.0 Å². The Balaban J connectivity index is 2.06. The summed E-state index contributed by atoms with van der Waals surface area (Å²) in [4.78, 5) is 28.6. The van der Waals surface area contributed by atoms with Gasteiger partial charge in [0.05, 0.1) is 30.3 Å². The van der Waals surface area contributed by atoms with E-state index in [2.05, 4.69) is 4.98 Å². The lowest BCUT2D eigenvalue weighted by molar-refractivity contribution is -0.115. The third-order valence-electron chi connectivity index (χ3n) is 3.67. The van der Waals surface area contributed by atoms with Crippen LogP contribution in [-0.4, -0.2) is 28.3 Å². The minimum Gasteiger partial charge on any atom is -0.497 e. The van der Waals surface area contributed by atoms with Crippen molar-refractivity contribution in [3.05, 3.63) is 64.4 Å². The van der Waals surface area contributed by atoms with Gasteiger partial charge in [0.25, 0.3) is 5.56 Å². The van der Waals surface area contributed by atoms with Crippen LogP contribution in [0.4, 0.5) is 0 Å². The quantitative estimate of drug-likeness (QED) is 0.540. The standard InChI is InChI=1S/C18H17N3O3S/c1-24-13-8-6-12(7-9-13)10-21-17(23)14-4-2-3-5-15(14)20-18(21)25-11-16(19)22/h2-9H,10-11H2,1H3,(H2,19,22). The fraction of sp³-hybridized carbons (Fsp3) is 0.167. The largest absolute Gasteiger partial charge is 0.497 e. The van der Waals surface area contributed by atoms with Crippen LogP contribution in [-0.2, 0) is 11.3 Å². The van der Waals surface area contributed by atoms with Crippen LogP contribution in [0.25, 0.3) is 10.9 Å². The number of rotatable bonds is 6. The number of primary amides is 1. The van der Waals surface area contributed by atoms with E-state index in [0.717, 1.165) is 23.1 Å². The zero-order valence-corrected chi connectivity index (χ0v) is 14.5. The van der Waals surface area contributed by atoms with Gasteiger partial charge in [0.15, 0.2) is 5.16 Å². The highest BCUT2D eigenvalue weighted by Crippen LogP contribution is 2.19. The second-order valence-electron chi connectivity index (χ2n) is 5.41. The third-order valence-corrected chi connectivity index (χ3v) is 4.67. The van der Waals surface area contributed by atoms with Gasteiger partial charge in [-0.1, -0.05) is 36.0 Å². The second kappa shape index (κ2) is 7.40. The number of hydrogen-bond acceptors (Lipinski definition) is 5. The minimum absolute atomic E-state index is 0.0629. The number of hydrogen-bond donors (Lipinski definition) is 1. The molecule has 0 aliphatic carbocycles. The van der Waals surface area contributed by atoms with Crippen molar-refractivity contribution >= 4 is 28.6 Å². The maximum atomic E-state index is 12.9. The van der Waals surface area contributed by atoms with Crippen molar-refractivity contribution in [3.63, 3.8) is 0 Å². The molecule has 2 aromatic carbocycles. The topological polar surface area (TPSA) is 87.2 Å². The summed E-state index contributed by atoms with van der Waals surface area (Å²) in [5.41, 5.74) is 6.63. The molecular formula is C18H17N3O3S. The average Bonchev–Trinajstić information content (AvgIpc) is 2.63. The summed E-state index contributed by atoms with van der Waals surface area (Å²) < 4.78 is 6.72. The third kappa shape index (κ3) is 3.83. The normalized spacial score (nSPS) is 10.8. The van der Waals surface area contributed by atoms with E-state index in [1.54, 1.807) is 29.9 Å². The van der Waals surface area contributed by atoms with Crippen LogP contribution >= 0.6 is 11.8 Å². The Labute approximate surface area is 148 Å². The molecule has 0 atom stereocenters. The number of benzene rings is 2. The maximum absolute atomic E-state index is 12.9. The van der Waals surface area contributed by atoms with Gasteiger partial charge >= 0.3 is 0 Å². The van der Waals surface area contributed by atoms with Crippen molar-refractivity contribution in [1.82, 2.24) is 9.55 Å². The number of nitrogens with zero attached hydrogens (tertiary/aromatic N) is 2. The number of nitrogens with two attached hydrogens (primary N) is 1. The summed E-state index contributed by atoms with van der Waals surface area (Å²) in [5, 5.41) is 1.01. The molecule has 128 valence electrons. The van der Waals surface area contributed by atoms with Crippen LogP contribution in [0.1, 0.15) is 5.56 Å². The minimum atomic E-state index is -0.455. The first-order valence-electron chi connectivity index (χ1n) is 7.62. The van der Waals surface area contributed by atoms with Crippen molar-refractivity contribution < 1.29 is 9.53 Å². The molecule has 7 heteroatoms. The highest BCUT2D eigenvalue weighted by atomic mass is 32.2. The van der Waals surface area contributed by atoms with Crippen LogP contribution in [0, 0.1) is 0 Å². The fourth-order valence-electron chi connectivity index (χ4n) is 2.45. The Morgan fingerprint density at radius 3 is 2.60 bits per heavy atom. The zero-order valence-electron chi connectivity index (χ0n) is 13.6. The summed E-state index contributed by atoms with van der Waals surface area (Å²) in [7, 11) is 1.60. The molecular weight excluding hydrogens is 338 g/mol. The molecule has 1 heterocycles. The number of amides is 1. The van der Waals surface area contributed by atoms with E-state index in [1.807, 2.05) is 30.3 Å². The van der Waals surface area contributed by atoms with Crippen LogP contribution in [0.2, 0.25) is 0 Å². The molecule has 0 saturated heterocycles. The number of carbonyl (C=O) groups is 1. The smallest absolute Gasteiger partial charge is 0.262 e. The van der Waals surface area contributed by atoms with Gasteiger partial charge in [-0.15, -0.1) is 0 Å². The number of aromatic nitrogens is 2. The molecule has 1 amide bonds. The van der Waals surface area contributed by atoms with Gasteiger partial charge in [0, 0.05) is 0 Å².